The standard InChI is InChI=1S/C16H19NO4/c18-15(12-8-13(12)16(19)20)17-9-11-6-7-21-14(11)10-4-2-1-3-5-10/h1-5,11-14H,6-9H2,(H,17,18)(H,19,20)/t11-,12-,13+,14-/m0/s1. The number of ether oxygens (including phenoxy) is 1. The second-order valence-electron chi connectivity index (χ2n) is 5.78. The van der Waals surface area contributed by atoms with Crippen molar-refractivity contribution in [1.82, 2.24) is 5.32 Å². The lowest BCUT2D eigenvalue weighted by atomic mass is 9.95. The Balaban J connectivity index is 1.53. The minimum Gasteiger partial charge on any atom is -0.481 e. The molecule has 1 aromatic carbocycles. The number of carbonyl (C=O) groups excluding carboxylic acids is 1. The Morgan fingerprint density at radius 2 is 2.00 bits per heavy atom. The number of hydrogen-bond acceptors (Lipinski definition) is 3. The molecule has 2 N–H and O–H groups in total. The normalized spacial score (nSPS) is 30.9. The van der Waals surface area contributed by atoms with E-state index in [9.17, 15) is 9.59 Å². The highest BCUT2D eigenvalue weighted by atomic mass is 16.5. The average Bonchev–Trinajstić information content (AvgIpc) is 3.17. The molecule has 2 fully saturated rings. The smallest absolute Gasteiger partial charge is 0.307 e. The summed E-state index contributed by atoms with van der Waals surface area (Å²) in [5.41, 5.74) is 1.13. The summed E-state index contributed by atoms with van der Waals surface area (Å²) >= 11 is 0. The zero-order chi connectivity index (χ0) is 14.8. The first kappa shape index (κ1) is 14.1. The van der Waals surface area contributed by atoms with Crippen LogP contribution in [0.5, 0.6) is 0 Å². The Labute approximate surface area is 123 Å². The van der Waals surface area contributed by atoms with E-state index in [4.69, 9.17) is 9.84 Å². The highest BCUT2D eigenvalue weighted by Gasteiger charge is 2.48. The Morgan fingerprint density at radius 3 is 2.67 bits per heavy atom. The van der Waals surface area contributed by atoms with Gasteiger partial charge in [-0.25, -0.2) is 0 Å². The highest BCUT2D eigenvalue weighted by Crippen LogP contribution is 2.39. The molecule has 4 atom stereocenters. The first-order valence-electron chi connectivity index (χ1n) is 7.34. The molecular weight excluding hydrogens is 270 g/mol. The lowest BCUT2D eigenvalue weighted by Gasteiger charge is -2.19. The van der Waals surface area contributed by atoms with Crippen LogP contribution in [0, 0.1) is 17.8 Å². The van der Waals surface area contributed by atoms with Gasteiger partial charge in [0.2, 0.25) is 5.91 Å². The molecule has 3 rings (SSSR count). The molecule has 1 aliphatic heterocycles. The van der Waals surface area contributed by atoms with Crippen LogP contribution >= 0.6 is 0 Å². The predicted octanol–water partition coefficient (Wildman–Crippen LogP) is 1.60. The topological polar surface area (TPSA) is 75.6 Å². The monoisotopic (exact) mass is 289 g/mol. The second kappa shape index (κ2) is 5.85. The Hall–Kier alpha value is -1.88. The van der Waals surface area contributed by atoms with Crippen molar-refractivity contribution < 1.29 is 19.4 Å². The van der Waals surface area contributed by atoms with E-state index in [1.807, 2.05) is 30.3 Å². The van der Waals surface area contributed by atoms with Crippen LogP contribution in [-0.2, 0) is 14.3 Å². The lowest BCUT2D eigenvalue weighted by molar-refractivity contribution is -0.140. The largest absolute Gasteiger partial charge is 0.481 e. The number of aliphatic carboxylic acids is 1. The fraction of sp³-hybridized carbons (Fsp3) is 0.500. The fourth-order valence-corrected chi connectivity index (χ4v) is 2.97. The number of hydrogen-bond donors (Lipinski definition) is 2. The summed E-state index contributed by atoms with van der Waals surface area (Å²) in [7, 11) is 0. The van der Waals surface area contributed by atoms with Gasteiger partial charge in [0.1, 0.15) is 0 Å². The number of rotatable bonds is 5. The molecule has 0 aromatic heterocycles. The highest BCUT2D eigenvalue weighted by molar-refractivity contribution is 5.89. The molecule has 1 saturated heterocycles. The van der Waals surface area contributed by atoms with Crippen LogP contribution in [-0.4, -0.2) is 30.1 Å². The van der Waals surface area contributed by atoms with Crippen LogP contribution in [0.2, 0.25) is 0 Å². The van der Waals surface area contributed by atoms with Crippen molar-refractivity contribution in [3.05, 3.63) is 35.9 Å². The van der Waals surface area contributed by atoms with Crippen LogP contribution in [0.4, 0.5) is 0 Å². The lowest BCUT2D eigenvalue weighted by Crippen LogP contribution is -2.32. The van der Waals surface area contributed by atoms with E-state index in [0.29, 0.717) is 19.6 Å². The van der Waals surface area contributed by atoms with Gasteiger partial charge in [-0.2, -0.15) is 0 Å². The predicted molar refractivity (Wildman–Crippen MR) is 75.5 cm³/mol. The van der Waals surface area contributed by atoms with Gasteiger partial charge in [-0.05, 0) is 18.4 Å². The number of amides is 1. The molecule has 21 heavy (non-hydrogen) atoms. The number of benzene rings is 1. The van der Waals surface area contributed by atoms with E-state index in [1.165, 1.54) is 0 Å². The molecule has 0 spiro atoms. The summed E-state index contributed by atoms with van der Waals surface area (Å²) in [5, 5.41) is 11.7. The van der Waals surface area contributed by atoms with Crippen molar-refractivity contribution in [1.29, 1.82) is 0 Å². The number of nitrogens with one attached hydrogen (secondary N) is 1. The fourth-order valence-electron chi connectivity index (χ4n) is 2.97. The van der Waals surface area contributed by atoms with Crippen molar-refractivity contribution in [2.24, 2.45) is 17.8 Å². The van der Waals surface area contributed by atoms with E-state index in [2.05, 4.69) is 5.32 Å². The van der Waals surface area contributed by atoms with Crippen molar-refractivity contribution in [3.63, 3.8) is 0 Å². The van der Waals surface area contributed by atoms with Gasteiger partial charge in [-0.3, -0.25) is 9.59 Å². The van der Waals surface area contributed by atoms with Crippen molar-refractivity contribution in [2.45, 2.75) is 18.9 Å². The molecule has 5 heteroatoms. The third kappa shape index (κ3) is 3.08. The van der Waals surface area contributed by atoms with Crippen molar-refractivity contribution in [3.8, 4) is 0 Å². The zero-order valence-electron chi connectivity index (χ0n) is 11.7. The van der Waals surface area contributed by atoms with Gasteiger partial charge >= 0.3 is 5.97 Å². The quantitative estimate of drug-likeness (QED) is 0.863. The summed E-state index contributed by atoms with van der Waals surface area (Å²) in [6.07, 6.45) is 1.39. The molecule has 112 valence electrons. The van der Waals surface area contributed by atoms with Crippen LogP contribution in [0.15, 0.2) is 30.3 Å². The summed E-state index contributed by atoms with van der Waals surface area (Å²) < 4.78 is 5.77. The summed E-state index contributed by atoms with van der Waals surface area (Å²) in [6, 6.07) is 10.00. The molecule has 1 amide bonds. The van der Waals surface area contributed by atoms with Crippen LogP contribution in [0.3, 0.4) is 0 Å². The molecule has 1 aliphatic carbocycles. The van der Waals surface area contributed by atoms with E-state index >= 15 is 0 Å². The van der Waals surface area contributed by atoms with Gasteiger partial charge in [-0.1, -0.05) is 30.3 Å². The Morgan fingerprint density at radius 1 is 1.24 bits per heavy atom. The molecule has 1 heterocycles. The van der Waals surface area contributed by atoms with Gasteiger partial charge in [0.25, 0.3) is 0 Å². The SMILES string of the molecule is O=C(NC[C@@H]1CCO[C@H]1c1ccccc1)[C@H]1C[C@H]1C(=O)O. The van der Waals surface area contributed by atoms with E-state index < -0.39 is 11.9 Å². The Kier molecular flexibility index (Phi) is 3.92. The first-order chi connectivity index (χ1) is 10.2. The van der Waals surface area contributed by atoms with E-state index in [0.717, 1.165) is 12.0 Å². The summed E-state index contributed by atoms with van der Waals surface area (Å²) in [4.78, 5) is 22.7. The van der Waals surface area contributed by atoms with Gasteiger partial charge in [-0.15, -0.1) is 0 Å². The second-order valence-corrected chi connectivity index (χ2v) is 5.78. The summed E-state index contributed by atoms with van der Waals surface area (Å²) in [5.74, 6) is -1.60. The number of carboxylic acid groups (broad SMARTS) is 1. The van der Waals surface area contributed by atoms with Gasteiger partial charge in [0.15, 0.2) is 0 Å². The van der Waals surface area contributed by atoms with E-state index in [-0.39, 0.29) is 23.8 Å². The van der Waals surface area contributed by atoms with Gasteiger partial charge in [0.05, 0.1) is 17.9 Å². The minimum absolute atomic E-state index is 0.0148. The molecule has 2 aliphatic rings. The van der Waals surface area contributed by atoms with Crippen LogP contribution in [0.25, 0.3) is 0 Å². The maximum absolute atomic E-state index is 11.9. The molecule has 0 unspecified atom stereocenters. The molecule has 0 radical (unpaired) electrons. The molecule has 0 bridgehead atoms. The molecule has 5 nitrogen and oxygen atoms in total. The van der Waals surface area contributed by atoms with Crippen molar-refractivity contribution in [2.75, 3.05) is 13.2 Å². The molecule has 1 aromatic rings. The maximum Gasteiger partial charge on any atom is 0.307 e. The van der Waals surface area contributed by atoms with Gasteiger partial charge in [0, 0.05) is 19.1 Å². The maximum atomic E-state index is 11.9. The van der Waals surface area contributed by atoms with Crippen LogP contribution in [0.1, 0.15) is 24.5 Å². The van der Waals surface area contributed by atoms with Gasteiger partial charge < -0.3 is 15.2 Å². The summed E-state index contributed by atoms with van der Waals surface area (Å²) in [6.45, 7) is 1.24. The first-order valence-corrected chi connectivity index (χ1v) is 7.34. The third-order valence-electron chi connectivity index (χ3n) is 4.33. The molecular formula is C16H19NO4. The zero-order valence-corrected chi connectivity index (χ0v) is 11.7. The number of carboxylic acids is 1. The van der Waals surface area contributed by atoms with Crippen molar-refractivity contribution >= 4 is 11.9 Å². The number of carbonyl (C=O) groups is 2. The third-order valence-corrected chi connectivity index (χ3v) is 4.33. The Bertz CT molecular complexity index is 530. The molecule has 1 saturated carbocycles. The van der Waals surface area contributed by atoms with E-state index in [1.54, 1.807) is 0 Å². The van der Waals surface area contributed by atoms with Crippen LogP contribution < -0.4 is 5.32 Å². The minimum atomic E-state index is -0.874. The average molecular weight is 289 g/mol.